The number of carbonyl (C=O) groups excluding carboxylic acids is 1. The summed E-state index contributed by atoms with van der Waals surface area (Å²) >= 11 is 0. The Morgan fingerprint density at radius 1 is 1.33 bits per heavy atom. The lowest BCUT2D eigenvalue weighted by atomic mass is 9.98. The van der Waals surface area contributed by atoms with Gasteiger partial charge in [0.05, 0.1) is 5.56 Å². The highest BCUT2D eigenvalue weighted by Gasteiger charge is 2.24. The summed E-state index contributed by atoms with van der Waals surface area (Å²) in [5.41, 5.74) is 1.26. The number of esters is 1. The number of nitrogens with one attached hydrogen (secondary N) is 2. The molecule has 98 valence electrons. The van der Waals surface area contributed by atoms with Crippen LogP contribution in [0.1, 0.15) is 42.3 Å². The third-order valence-corrected chi connectivity index (χ3v) is 2.78. The van der Waals surface area contributed by atoms with E-state index in [4.69, 9.17) is 4.74 Å². The van der Waals surface area contributed by atoms with Crippen LogP contribution in [0.2, 0.25) is 0 Å². The number of rotatable bonds is 1. The molecule has 0 saturated carbocycles. The Morgan fingerprint density at radius 3 is 2.72 bits per heavy atom. The van der Waals surface area contributed by atoms with Crippen molar-refractivity contribution in [2.24, 2.45) is 0 Å². The van der Waals surface area contributed by atoms with Crippen LogP contribution in [0.5, 0.6) is 0 Å². The van der Waals surface area contributed by atoms with E-state index in [-0.39, 0.29) is 11.5 Å². The Balaban J connectivity index is 2.40. The van der Waals surface area contributed by atoms with Gasteiger partial charge in [-0.1, -0.05) is 0 Å². The van der Waals surface area contributed by atoms with Crippen LogP contribution in [0.25, 0.3) is 0 Å². The molecule has 0 fully saturated rings. The van der Waals surface area contributed by atoms with E-state index in [9.17, 15) is 9.59 Å². The van der Waals surface area contributed by atoms with Crippen molar-refractivity contribution >= 4 is 5.97 Å². The van der Waals surface area contributed by atoms with E-state index in [0.717, 1.165) is 12.1 Å². The Hall–Kier alpha value is -1.62. The summed E-state index contributed by atoms with van der Waals surface area (Å²) in [6, 6.07) is 0. The van der Waals surface area contributed by atoms with Crippen molar-refractivity contribution in [2.75, 3.05) is 6.54 Å². The Labute approximate surface area is 106 Å². The second-order valence-corrected chi connectivity index (χ2v) is 5.42. The highest BCUT2D eigenvalue weighted by atomic mass is 16.6. The van der Waals surface area contributed by atoms with Crippen LogP contribution in [-0.4, -0.2) is 23.1 Å². The average Bonchev–Trinajstić information content (AvgIpc) is 2.27. The number of aromatic amines is 1. The number of ether oxygens (including phenoxy) is 1. The molecule has 0 aromatic carbocycles. The zero-order chi connectivity index (χ0) is 13.3. The van der Waals surface area contributed by atoms with Gasteiger partial charge in [0.25, 0.3) is 5.56 Å². The first kappa shape index (κ1) is 12.8. The average molecular weight is 250 g/mol. The van der Waals surface area contributed by atoms with Crippen molar-refractivity contribution in [1.82, 2.24) is 10.3 Å². The monoisotopic (exact) mass is 250 g/mol. The largest absolute Gasteiger partial charge is 0.456 e. The minimum atomic E-state index is -0.535. The number of carbonyl (C=O) groups is 1. The lowest BCUT2D eigenvalue weighted by Gasteiger charge is -2.22. The summed E-state index contributed by atoms with van der Waals surface area (Å²) in [7, 11) is 0. The van der Waals surface area contributed by atoms with Crippen LogP contribution < -0.4 is 10.9 Å². The lowest BCUT2D eigenvalue weighted by molar-refractivity contribution is 0.00675. The molecule has 0 unspecified atom stereocenters. The highest BCUT2D eigenvalue weighted by molar-refractivity contribution is 5.91. The molecule has 2 rings (SSSR count). The van der Waals surface area contributed by atoms with Gasteiger partial charge in [-0.2, -0.15) is 0 Å². The molecule has 1 aromatic heterocycles. The van der Waals surface area contributed by atoms with Gasteiger partial charge in [-0.15, -0.1) is 0 Å². The topological polar surface area (TPSA) is 71.2 Å². The minimum Gasteiger partial charge on any atom is -0.456 e. The number of aromatic nitrogens is 1. The highest BCUT2D eigenvalue weighted by Crippen LogP contribution is 2.18. The van der Waals surface area contributed by atoms with E-state index >= 15 is 0 Å². The molecule has 5 nitrogen and oxygen atoms in total. The summed E-state index contributed by atoms with van der Waals surface area (Å²) in [6.45, 7) is 6.74. The van der Waals surface area contributed by atoms with E-state index < -0.39 is 5.60 Å². The van der Waals surface area contributed by atoms with Crippen molar-refractivity contribution in [3.8, 4) is 0 Å². The number of hydrogen-bond acceptors (Lipinski definition) is 4. The molecule has 1 aliphatic heterocycles. The van der Waals surface area contributed by atoms with Crippen molar-refractivity contribution in [2.45, 2.75) is 39.3 Å². The van der Waals surface area contributed by atoms with Gasteiger partial charge in [0, 0.05) is 18.3 Å². The zero-order valence-electron chi connectivity index (χ0n) is 10.9. The predicted octanol–water partition coefficient (Wildman–Crippen LogP) is 0.976. The van der Waals surface area contributed by atoms with Gasteiger partial charge in [-0.3, -0.25) is 4.79 Å². The Kier molecular flexibility index (Phi) is 3.26. The smallest absolute Gasteiger partial charge is 0.340 e. The molecule has 0 aliphatic carbocycles. The quantitative estimate of drug-likeness (QED) is 0.729. The fraction of sp³-hybridized carbons (Fsp3) is 0.538. The molecular weight excluding hydrogens is 232 g/mol. The Morgan fingerprint density at radius 2 is 2.06 bits per heavy atom. The molecule has 0 saturated heterocycles. The van der Waals surface area contributed by atoms with E-state index in [2.05, 4.69) is 10.3 Å². The molecule has 0 atom stereocenters. The summed E-state index contributed by atoms with van der Waals surface area (Å²) in [5.74, 6) is -0.378. The van der Waals surface area contributed by atoms with Crippen LogP contribution in [0.15, 0.2) is 11.0 Å². The maximum atomic E-state index is 12.1. The fourth-order valence-corrected chi connectivity index (χ4v) is 2.03. The molecule has 2 N–H and O–H groups in total. The van der Waals surface area contributed by atoms with Gasteiger partial charge in [0.2, 0.25) is 0 Å². The van der Waals surface area contributed by atoms with E-state index in [1.165, 1.54) is 6.20 Å². The van der Waals surface area contributed by atoms with E-state index in [1.54, 1.807) is 0 Å². The standard InChI is InChI=1S/C13H18N2O3/c1-13(2,3)18-12(17)10-7-15-11(16)9-6-14-5-4-8(9)10/h7,14H,4-6H2,1-3H3,(H,15,16). The molecule has 0 spiro atoms. The zero-order valence-corrected chi connectivity index (χ0v) is 10.9. The number of hydrogen-bond donors (Lipinski definition) is 2. The van der Waals surface area contributed by atoms with Crippen LogP contribution in [0.4, 0.5) is 0 Å². The molecule has 1 aromatic rings. The first-order chi connectivity index (χ1) is 8.38. The minimum absolute atomic E-state index is 0.135. The van der Waals surface area contributed by atoms with Crippen LogP contribution in [0.3, 0.4) is 0 Å². The molecule has 5 heteroatoms. The van der Waals surface area contributed by atoms with E-state index in [0.29, 0.717) is 24.1 Å². The molecule has 0 bridgehead atoms. The lowest BCUT2D eigenvalue weighted by Crippen LogP contribution is -2.33. The number of H-pyrrole nitrogens is 1. The van der Waals surface area contributed by atoms with E-state index in [1.807, 2.05) is 20.8 Å². The molecule has 0 amide bonds. The molecule has 18 heavy (non-hydrogen) atoms. The third kappa shape index (κ3) is 2.61. The third-order valence-electron chi connectivity index (χ3n) is 2.78. The van der Waals surface area contributed by atoms with Gasteiger partial charge < -0.3 is 15.0 Å². The van der Waals surface area contributed by atoms with Gasteiger partial charge in [0.15, 0.2) is 0 Å². The van der Waals surface area contributed by atoms with Crippen molar-refractivity contribution in [1.29, 1.82) is 0 Å². The van der Waals surface area contributed by atoms with Gasteiger partial charge in [-0.05, 0) is 39.3 Å². The molecule has 0 radical (unpaired) electrons. The van der Waals surface area contributed by atoms with Crippen molar-refractivity contribution in [3.63, 3.8) is 0 Å². The van der Waals surface area contributed by atoms with Gasteiger partial charge in [-0.25, -0.2) is 4.79 Å². The summed E-state index contributed by atoms with van der Waals surface area (Å²) in [5, 5.41) is 3.12. The maximum Gasteiger partial charge on any atom is 0.340 e. The number of fused-ring (bicyclic) bond motifs is 1. The van der Waals surface area contributed by atoms with Crippen LogP contribution in [0, 0.1) is 0 Å². The van der Waals surface area contributed by atoms with Crippen molar-refractivity contribution in [3.05, 3.63) is 33.2 Å². The summed E-state index contributed by atoms with van der Waals surface area (Å²) in [4.78, 5) is 26.4. The number of pyridine rings is 1. The summed E-state index contributed by atoms with van der Waals surface area (Å²) in [6.07, 6.45) is 2.13. The summed E-state index contributed by atoms with van der Waals surface area (Å²) < 4.78 is 5.35. The van der Waals surface area contributed by atoms with Crippen LogP contribution >= 0.6 is 0 Å². The first-order valence-corrected chi connectivity index (χ1v) is 6.06. The Bertz CT molecular complexity index is 526. The first-order valence-electron chi connectivity index (χ1n) is 6.06. The van der Waals surface area contributed by atoms with Crippen LogP contribution in [-0.2, 0) is 17.7 Å². The molecular formula is C13H18N2O3. The van der Waals surface area contributed by atoms with Gasteiger partial charge in [0.1, 0.15) is 5.60 Å². The second kappa shape index (κ2) is 4.57. The van der Waals surface area contributed by atoms with Crippen molar-refractivity contribution < 1.29 is 9.53 Å². The fourth-order valence-electron chi connectivity index (χ4n) is 2.03. The predicted molar refractivity (Wildman–Crippen MR) is 67.6 cm³/mol. The SMILES string of the molecule is CC(C)(C)OC(=O)c1c[nH]c(=O)c2c1CCNC2. The normalized spacial score (nSPS) is 15.1. The second-order valence-electron chi connectivity index (χ2n) is 5.42. The maximum absolute atomic E-state index is 12.1. The molecule has 2 heterocycles. The molecule has 1 aliphatic rings. The van der Waals surface area contributed by atoms with Gasteiger partial charge >= 0.3 is 5.97 Å².